The van der Waals surface area contributed by atoms with E-state index in [4.69, 9.17) is 10.8 Å². The average Bonchev–Trinajstić information content (AvgIpc) is 3.07. The molecule has 1 fully saturated rings. The third-order valence-corrected chi connectivity index (χ3v) is 4.55. The molecule has 6 heteroatoms. The van der Waals surface area contributed by atoms with Crippen LogP contribution in [0.4, 0.5) is 4.79 Å². The van der Waals surface area contributed by atoms with E-state index in [-0.39, 0.29) is 6.03 Å². The number of aromatic nitrogens is 2. The lowest BCUT2D eigenvalue weighted by atomic mass is 10.0. The Hall–Kier alpha value is -1.56. The zero-order valence-electron chi connectivity index (χ0n) is 13.0. The molecule has 1 aromatic heterocycles. The van der Waals surface area contributed by atoms with Crippen molar-refractivity contribution in [3.8, 4) is 0 Å². The Balaban J connectivity index is 1.88. The normalized spacial score (nSPS) is 19.3. The molecule has 6 nitrogen and oxygen atoms in total. The fourth-order valence-electron chi connectivity index (χ4n) is 3.41. The van der Waals surface area contributed by atoms with Gasteiger partial charge in [0.15, 0.2) is 0 Å². The smallest absolute Gasteiger partial charge is 0.315 e. The lowest BCUT2D eigenvalue weighted by Gasteiger charge is -2.27. The number of primary amides is 1. The Morgan fingerprint density at radius 3 is 2.62 bits per heavy atom. The largest absolute Gasteiger partial charge is 0.351 e. The van der Waals surface area contributed by atoms with Crippen LogP contribution in [0.2, 0.25) is 0 Å². The molecule has 116 valence electrons. The molecule has 2 amide bonds. The van der Waals surface area contributed by atoms with Crippen molar-refractivity contribution in [2.45, 2.75) is 52.2 Å². The van der Waals surface area contributed by atoms with Crippen molar-refractivity contribution in [2.75, 3.05) is 19.6 Å². The number of carbonyl (C=O) groups excluding carboxylic acids is 1. The van der Waals surface area contributed by atoms with Crippen molar-refractivity contribution >= 4 is 6.03 Å². The van der Waals surface area contributed by atoms with Crippen molar-refractivity contribution in [3.63, 3.8) is 0 Å². The van der Waals surface area contributed by atoms with Crippen LogP contribution in [0.15, 0.2) is 0 Å². The number of likely N-dealkylation sites (tertiary alicyclic amines) is 1. The van der Waals surface area contributed by atoms with Crippen LogP contribution in [0.25, 0.3) is 0 Å². The number of urea groups is 1. The molecule has 0 aliphatic carbocycles. The van der Waals surface area contributed by atoms with Crippen molar-refractivity contribution in [1.29, 1.82) is 0 Å². The maximum absolute atomic E-state index is 11.4. The van der Waals surface area contributed by atoms with E-state index in [1.165, 1.54) is 42.9 Å². The number of nitrogens with two attached hydrogens (primary N) is 1. The van der Waals surface area contributed by atoms with Gasteiger partial charge in [0.05, 0.1) is 17.9 Å². The Bertz CT molecular complexity index is 530. The molecule has 1 saturated heterocycles. The van der Waals surface area contributed by atoms with Crippen LogP contribution in [-0.2, 0) is 19.5 Å². The molecule has 0 aromatic carbocycles. The summed E-state index contributed by atoms with van der Waals surface area (Å²) in [6.07, 6.45) is 3.46. The van der Waals surface area contributed by atoms with Crippen LogP contribution in [0.1, 0.15) is 49.7 Å². The number of carbonyl (C=O) groups is 1. The van der Waals surface area contributed by atoms with Crippen LogP contribution >= 0.6 is 0 Å². The van der Waals surface area contributed by atoms with Crippen LogP contribution in [0, 0.1) is 0 Å². The Morgan fingerprint density at radius 1 is 1.29 bits per heavy atom. The fourth-order valence-corrected chi connectivity index (χ4v) is 3.41. The number of rotatable bonds is 3. The van der Waals surface area contributed by atoms with E-state index in [1.807, 2.05) is 0 Å². The van der Waals surface area contributed by atoms with Crippen LogP contribution in [0.3, 0.4) is 0 Å². The molecule has 1 aromatic rings. The molecule has 2 N–H and O–H groups in total. The zero-order valence-corrected chi connectivity index (χ0v) is 13.0. The van der Waals surface area contributed by atoms with Crippen molar-refractivity contribution < 1.29 is 4.79 Å². The van der Waals surface area contributed by atoms with E-state index in [1.54, 1.807) is 4.90 Å². The van der Waals surface area contributed by atoms with Gasteiger partial charge in [-0.15, -0.1) is 0 Å². The van der Waals surface area contributed by atoms with Crippen molar-refractivity contribution in [3.05, 3.63) is 17.0 Å². The van der Waals surface area contributed by atoms with Gasteiger partial charge in [-0.25, -0.2) is 4.79 Å². The van der Waals surface area contributed by atoms with Gasteiger partial charge < -0.3 is 10.6 Å². The highest BCUT2D eigenvalue weighted by atomic mass is 16.2. The first-order chi connectivity index (χ1) is 10.1. The second kappa shape index (κ2) is 5.67. The zero-order chi connectivity index (χ0) is 15.0. The van der Waals surface area contributed by atoms with E-state index in [2.05, 4.69) is 23.4 Å². The summed E-state index contributed by atoms with van der Waals surface area (Å²) in [5.41, 5.74) is 9.15. The summed E-state index contributed by atoms with van der Waals surface area (Å²) in [5, 5.41) is 4.84. The number of nitrogens with zero attached hydrogens (tertiary/aromatic N) is 4. The first-order valence-electron chi connectivity index (χ1n) is 7.92. The highest BCUT2D eigenvalue weighted by Crippen LogP contribution is 2.26. The third kappa shape index (κ3) is 2.77. The SMILES string of the molecule is CC(C)n1nc(CN2CCCC2)c2c1CN(C(N)=O)CC2. The summed E-state index contributed by atoms with van der Waals surface area (Å²) in [6.45, 7) is 8.87. The number of hydrogen-bond acceptors (Lipinski definition) is 3. The molecule has 21 heavy (non-hydrogen) atoms. The molecule has 0 atom stereocenters. The number of hydrogen-bond donors (Lipinski definition) is 1. The molecule has 0 spiro atoms. The van der Waals surface area contributed by atoms with Gasteiger partial charge in [-0.05, 0) is 46.2 Å². The summed E-state index contributed by atoms with van der Waals surface area (Å²) in [5.74, 6) is 0. The van der Waals surface area contributed by atoms with Gasteiger partial charge in [-0.3, -0.25) is 9.58 Å². The van der Waals surface area contributed by atoms with E-state index < -0.39 is 0 Å². The first-order valence-corrected chi connectivity index (χ1v) is 7.92. The Labute approximate surface area is 125 Å². The van der Waals surface area contributed by atoms with Gasteiger partial charge in [-0.1, -0.05) is 0 Å². The predicted octanol–water partition coefficient (Wildman–Crippen LogP) is 1.50. The minimum atomic E-state index is -0.335. The average molecular weight is 291 g/mol. The van der Waals surface area contributed by atoms with E-state index in [0.717, 1.165) is 13.0 Å². The molecule has 0 bridgehead atoms. The van der Waals surface area contributed by atoms with E-state index in [9.17, 15) is 4.79 Å². The van der Waals surface area contributed by atoms with Crippen molar-refractivity contribution in [1.82, 2.24) is 19.6 Å². The van der Waals surface area contributed by atoms with Gasteiger partial charge >= 0.3 is 6.03 Å². The van der Waals surface area contributed by atoms with Crippen LogP contribution in [-0.4, -0.2) is 45.2 Å². The molecule has 3 heterocycles. The Kier molecular flexibility index (Phi) is 3.89. The number of fused-ring (bicyclic) bond motifs is 1. The van der Waals surface area contributed by atoms with Gasteiger partial charge in [0.2, 0.25) is 0 Å². The molecule has 0 unspecified atom stereocenters. The minimum absolute atomic E-state index is 0.305. The highest BCUT2D eigenvalue weighted by Gasteiger charge is 2.28. The maximum atomic E-state index is 11.4. The highest BCUT2D eigenvalue weighted by molar-refractivity contribution is 5.72. The standard InChI is InChI=1S/C15H25N5O/c1-11(2)20-14-10-19(15(16)21)8-5-12(14)13(17-20)9-18-6-3-4-7-18/h11H,3-10H2,1-2H3,(H2,16,21). The summed E-state index contributed by atoms with van der Waals surface area (Å²) >= 11 is 0. The summed E-state index contributed by atoms with van der Waals surface area (Å²) in [7, 11) is 0. The number of amides is 2. The maximum Gasteiger partial charge on any atom is 0.315 e. The quantitative estimate of drug-likeness (QED) is 0.917. The molecule has 3 rings (SSSR count). The van der Waals surface area contributed by atoms with Crippen LogP contribution in [0.5, 0.6) is 0 Å². The molecule has 0 saturated carbocycles. The van der Waals surface area contributed by atoms with E-state index in [0.29, 0.717) is 19.1 Å². The van der Waals surface area contributed by atoms with Gasteiger partial charge in [0, 0.05) is 24.7 Å². The third-order valence-electron chi connectivity index (χ3n) is 4.55. The molecule has 0 radical (unpaired) electrons. The lowest BCUT2D eigenvalue weighted by molar-refractivity contribution is 0.199. The molecule has 2 aliphatic heterocycles. The fraction of sp³-hybridized carbons (Fsp3) is 0.733. The lowest BCUT2D eigenvalue weighted by Crippen LogP contribution is -2.40. The van der Waals surface area contributed by atoms with Gasteiger partial charge in [0.1, 0.15) is 0 Å². The second-order valence-corrected chi connectivity index (χ2v) is 6.40. The minimum Gasteiger partial charge on any atom is -0.351 e. The van der Waals surface area contributed by atoms with Gasteiger partial charge in [0.25, 0.3) is 0 Å². The summed E-state index contributed by atoms with van der Waals surface area (Å²) in [4.78, 5) is 15.6. The Morgan fingerprint density at radius 2 is 2.00 bits per heavy atom. The monoisotopic (exact) mass is 291 g/mol. The molecular weight excluding hydrogens is 266 g/mol. The summed E-state index contributed by atoms with van der Waals surface area (Å²) < 4.78 is 2.08. The predicted molar refractivity (Wildman–Crippen MR) is 80.8 cm³/mol. The topological polar surface area (TPSA) is 67.4 Å². The molecule has 2 aliphatic rings. The van der Waals surface area contributed by atoms with Crippen molar-refractivity contribution in [2.24, 2.45) is 5.73 Å². The van der Waals surface area contributed by atoms with Crippen LogP contribution < -0.4 is 5.73 Å². The van der Waals surface area contributed by atoms with Gasteiger partial charge in [-0.2, -0.15) is 5.10 Å². The summed E-state index contributed by atoms with van der Waals surface area (Å²) in [6, 6.07) is -0.0304. The first kappa shape index (κ1) is 14.4. The molecular formula is C15H25N5O. The second-order valence-electron chi connectivity index (χ2n) is 6.40. The van der Waals surface area contributed by atoms with E-state index >= 15 is 0 Å².